The third kappa shape index (κ3) is 4.31. The van der Waals surface area contributed by atoms with Gasteiger partial charge < -0.3 is 10.0 Å². The Bertz CT molecular complexity index is 401. The number of likely N-dealkylation sites (N-methyl/N-ethyl adjacent to an activating group) is 1. The first kappa shape index (κ1) is 16.0. The maximum Gasteiger partial charge on any atom is 0.0581 e. The second-order valence-electron chi connectivity index (χ2n) is 7.31. The van der Waals surface area contributed by atoms with Crippen molar-refractivity contribution >= 4 is 11.3 Å². The highest BCUT2D eigenvalue weighted by Crippen LogP contribution is 2.39. The fraction of sp³-hybridized carbons (Fsp3) is 0.765. The molecule has 0 bridgehead atoms. The number of thiophene rings is 1. The molecule has 3 atom stereocenters. The Hall–Kier alpha value is -0.380. The van der Waals surface area contributed by atoms with Crippen molar-refractivity contribution in [3.63, 3.8) is 0 Å². The number of rotatable bonds is 5. The quantitative estimate of drug-likeness (QED) is 0.893. The molecule has 1 heterocycles. The number of aliphatic hydroxyl groups excluding tert-OH is 1. The van der Waals surface area contributed by atoms with E-state index in [9.17, 15) is 5.11 Å². The zero-order valence-corrected chi connectivity index (χ0v) is 14.1. The smallest absolute Gasteiger partial charge is 0.0581 e. The van der Waals surface area contributed by atoms with E-state index in [-0.39, 0.29) is 6.10 Å². The molecule has 3 heteroatoms. The summed E-state index contributed by atoms with van der Waals surface area (Å²) in [7, 11) is 2.20. The summed E-state index contributed by atoms with van der Waals surface area (Å²) < 4.78 is 0. The van der Waals surface area contributed by atoms with Crippen molar-refractivity contribution in [2.75, 3.05) is 13.6 Å². The van der Waals surface area contributed by atoms with Gasteiger partial charge >= 0.3 is 0 Å². The summed E-state index contributed by atoms with van der Waals surface area (Å²) in [5.74, 6) is 0.425. The summed E-state index contributed by atoms with van der Waals surface area (Å²) in [6, 6.07) is 4.87. The molecule has 1 N–H and O–H groups in total. The van der Waals surface area contributed by atoms with Crippen molar-refractivity contribution in [2.24, 2.45) is 11.3 Å². The van der Waals surface area contributed by atoms with E-state index in [1.54, 1.807) is 0 Å². The van der Waals surface area contributed by atoms with E-state index in [0.717, 1.165) is 32.2 Å². The Morgan fingerprint density at radius 2 is 2.25 bits per heavy atom. The average molecular weight is 295 g/mol. The van der Waals surface area contributed by atoms with Crippen molar-refractivity contribution in [3.8, 4) is 0 Å². The number of hydrogen-bond acceptors (Lipinski definition) is 3. The molecule has 0 spiro atoms. The number of aliphatic hydroxyl groups is 1. The molecule has 1 saturated carbocycles. The van der Waals surface area contributed by atoms with E-state index < -0.39 is 0 Å². The zero-order valence-electron chi connectivity index (χ0n) is 13.3. The maximum atomic E-state index is 10.3. The molecule has 1 aromatic rings. The zero-order chi connectivity index (χ0) is 14.8. The number of hydrogen-bond donors (Lipinski definition) is 1. The Morgan fingerprint density at radius 3 is 2.90 bits per heavy atom. The van der Waals surface area contributed by atoms with Crippen LogP contribution in [0.15, 0.2) is 17.5 Å². The van der Waals surface area contributed by atoms with Crippen LogP contribution in [0.2, 0.25) is 0 Å². The molecule has 3 unspecified atom stereocenters. The molecule has 0 aromatic carbocycles. The van der Waals surface area contributed by atoms with Gasteiger partial charge in [-0.3, -0.25) is 0 Å². The van der Waals surface area contributed by atoms with Gasteiger partial charge in [0.15, 0.2) is 0 Å². The van der Waals surface area contributed by atoms with Crippen molar-refractivity contribution in [3.05, 3.63) is 22.4 Å². The second kappa shape index (κ2) is 6.59. The maximum absolute atomic E-state index is 10.3. The molecule has 0 saturated heterocycles. The van der Waals surface area contributed by atoms with E-state index >= 15 is 0 Å². The highest BCUT2D eigenvalue weighted by molar-refractivity contribution is 7.09. The molecule has 114 valence electrons. The Labute approximate surface area is 127 Å². The van der Waals surface area contributed by atoms with Crippen LogP contribution in [0.25, 0.3) is 0 Å². The molecule has 2 nitrogen and oxygen atoms in total. The first-order valence-electron chi connectivity index (χ1n) is 7.78. The Kier molecular flexibility index (Phi) is 5.27. The largest absolute Gasteiger partial charge is 0.393 e. The normalized spacial score (nSPS) is 27.7. The molecular weight excluding hydrogens is 266 g/mol. The van der Waals surface area contributed by atoms with Gasteiger partial charge in [0.2, 0.25) is 0 Å². The molecule has 20 heavy (non-hydrogen) atoms. The SMILES string of the molecule is CC(Cc1cccs1)N(C)CC1CC(C)(C)CCC1O. The minimum Gasteiger partial charge on any atom is -0.393 e. The first-order chi connectivity index (χ1) is 9.37. The summed E-state index contributed by atoms with van der Waals surface area (Å²) in [5.41, 5.74) is 0.391. The monoisotopic (exact) mass is 295 g/mol. The van der Waals surface area contributed by atoms with Crippen LogP contribution >= 0.6 is 11.3 Å². The van der Waals surface area contributed by atoms with Gasteiger partial charge in [-0.05, 0) is 62.4 Å². The van der Waals surface area contributed by atoms with Crippen molar-refractivity contribution in [1.82, 2.24) is 4.90 Å². The predicted octanol–water partition coefficient (Wildman–Crippen LogP) is 3.80. The molecule has 0 amide bonds. The lowest BCUT2D eigenvalue weighted by Gasteiger charge is -2.41. The van der Waals surface area contributed by atoms with Gasteiger partial charge in [-0.15, -0.1) is 11.3 Å². The molecule has 1 fully saturated rings. The van der Waals surface area contributed by atoms with Crippen molar-refractivity contribution in [2.45, 2.75) is 58.6 Å². The van der Waals surface area contributed by atoms with E-state index in [1.165, 1.54) is 4.88 Å². The van der Waals surface area contributed by atoms with Gasteiger partial charge in [0.25, 0.3) is 0 Å². The van der Waals surface area contributed by atoms with Gasteiger partial charge in [-0.1, -0.05) is 19.9 Å². The van der Waals surface area contributed by atoms with Gasteiger partial charge in [0, 0.05) is 17.5 Å². The first-order valence-corrected chi connectivity index (χ1v) is 8.66. The van der Waals surface area contributed by atoms with Crippen LogP contribution in [-0.4, -0.2) is 35.7 Å². The van der Waals surface area contributed by atoms with Crippen LogP contribution < -0.4 is 0 Å². The lowest BCUT2D eigenvalue weighted by atomic mass is 9.70. The molecule has 1 aliphatic carbocycles. The third-order valence-electron chi connectivity index (χ3n) is 4.83. The summed E-state index contributed by atoms with van der Waals surface area (Å²) in [4.78, 5) is 3.88. The molecule has 0 aliphatic heterocycles. The highest BCUT2D eigenvalue weighted by Gasteiger charge is 2.34. The van der Waals surface area contributed by atoms with Gasteiger partial charge in [-0.25, -0.2) is 0 Å². The van der Waals surface area contributed by atoms with Crippen molar-refractivity contribution < 1.29 is 5.11 Å². The van der Waals surface area contributed by atoms with Crippen molar-refractivity contribution in [1.29, 1.82) is 0 Å². The minimum atomic E-state index is -0.112. The fourth-order valence-corrected chi connectivity index (χ4v) is 4.16. The van der Waals surface area contributed by atoms with Crippen LogP contribution in [0.4, 0.5) is 0 Å². The summed E-state index contributed by atoms with van der Waals surface area (Å²) in [6.07, 6.45) is 4.26. The lowest BCUT2D eigenvalue weighted by molar-refractivity contribution is 0.00316. The summed E-state index contributed by atoms with van der Waals surface area (Å²) in [5, 5.41) is 12.4. The van der Waals surface area contributed by atoms with E-state index in [4.69, 9.17) is 0 Å². The molecule has 1 aromatic heterocycles. The summed E-state index contributed by atoms with van der Waals surface area (Å²) in [6.45, 7) is 7.97. The number of nitrogens with zero attached hydrogens (tertiary/aromatic N) is 1. The molecule has 1 aliphatic rings. The van der Waals surface area contributed by atoms with Crippen LogP contribution in [-0.2, 0) is 6.42 Å². The minimum absolute atomic E-state index is 0.112. The van der Waals surface area contributed by atoms with Crippen LogP contribution in [0, 0.1) is 11.3 Å². The molecular formula is C17H29NOS. The van der Waals surface area contributed by atoms with E-state index in [2.05, 4.69) is 50.2 Å². The second-order valence-corrected chi connectivity index (χ2v) is 8.34. The van der Waals surface area contributed by atoms with Crippen LogP contribution in [0.5, 0.6) is 0 Å². The van der Waals surface area contributed by atoms with Gasteiger partial charge in [-0.2, -0.15) is 0 Å². The third-order valence-corrected chi connectivity index (χ3v) is 5.73. The fourth-order valence-electron chi connectivity index (χ4n) is 3.33. The highest BCUT2D eigenvalue weighted by atomic mass is 32.1. The van der Waals surface area contributed by atoms with Gasteiger partial charge in [0.1, 0.15) is 0 Å². The lowest BCUT2D eigenvalue weighted by Crippen LogP contribution is -2.43. The Morgan fingerprint density at radius 1 is 1.50 bits per heavy atom. The predicted molar refractivity (Wildman–Crippen MR) is 87.2 cm³/mol. The van der Waals surface area contributed by atoms with E-state index in [0.29, 0.717) is 17.4 Å². The topological polar surface area (TPSA) is 23.5 Å². The average Bonchev–Trinajstić information content (AvgIpc) is 2.86. The van der Waals surface area contributed by atoms with Crippen LogP contribution in [0.3, 0.4) is 0 Å². The molecule has 2 rings (SSSR count). The van der Waals surface area contributed by atoms with E-state index in [1.807, 2.05) is 11.3 Å². The summed E-state index contributed by atoms with van der Waals surface area (Å²) >= 11 is 1.84. The standard InChI is InChI=1S/C17H29NOS/c1-13(10-15-6-5-9-20-15)18(4)12-14-11-17(2,3)8-7-16(14)19/h5-6,9,13-14,16,19H,7-8,10-12H2,1-4H3. The molecule has 0 radical (unpaired) electrons. The Balaban J connectivity index is 1.87. The van der Waals surface area contributed by atoms with Crippen LogP contribution in [0.1, 0.15) is 44.9 Å². The van der Waals surface area contributed by atoms with Gasteiger partial charge in [0.05, 0.1) is 6.10 Å².